The van der Waals surface area contributed by atoms with Gasteiger partial charge < -0.3 is 5.73 Å². The minimum atomic E-state index is 0.131. The van der Waals surface area contributed by atoms with Crippen LogP contribution in [0.4, 0.5) is 5.69 Å². The van der Waals surface area contributed by atoms with Gasteiger partial charge in [-0.05, 0) is 50.1 Å². The zero-order chi connectivity index (χ0) is 16.4. The highest BCUT2D eigenvalue weighted by Crippen LogP contribution is 2.39. The predicted molar refractivity (Wildman–Crippen MR) is 98.3 cm³/mol. The van der Waals surface area contributed by atoms with Crippen molar-refractivity contribution >= 4 is 23.0 Å². The first-order valence-electron chi connectivity index (χ1n) is 7.97. The number of benzene rings is 2. The summed E-state index contributed by atoms with van der Waals surface area (Å²) in [6, 6.07) is 14.6. The fraction of sp³-hybridized carbons (Fsp3) is 0.316. The molecule has 0 saturated carbocycles. The summed E-state index contributed by atoms with van der Waals surface area (Å²) in [6.45, 7) is 4.85. The number of anilines is 1. The first-order chi connectivity index (χ1) is 11.1. The number of rotatable bonds is 4. The van der Waals surface area contributed by atoms with E-state index in [0.29, 0.717) is 6.54 Å². The van der Waals surface area contributed by atoms with Gasteiger partial charge in [-0.15, -0.1) is 0 Å². The zero-order valence-corrected chi connectivity index (χ0v) is 14.3. The molecule has 120 valence electrons. The minimum Gasteiger partial charge on any atom is -0.330 e. The smallest absolute Gasteiger partial charge is 0.0842 e. The molecular weight excluding hydrogens is 306 g/mol. The van der Waals surface area contributed by atoms with Gasteiger partial charge in [-0.2, -0.15) is 5.10 Å². The molecule has 23 heavy (non-hydrogen) atoms. The van der Waals surface area contributed by atoms with Crippen LogP contribution in [0.3, 0.4) is 0 Å². The fourth-order valence-corrected chi connectivity index (χ4v) is 3.42. The highest BCUT2D eigenvalue weighted by molar-refractivity contribution is 6.31. The van der Waals surface area contributed by atoms with Gasteiger partial charge in [0.2, 0.25) is 0 Å². The van der Waals surface area contributed by atoms with Crippen LogP contribution in [0.1, 0.15) is 35.6 Å². The molecule has 0 radical (unpaired) electrons. The maximum absolute atomic E-state index is 6.44. The van der Waals surface area contributed by atoms with Crippen molar-refractivity contribution in [3.8, 4) is 0 Å². The molecular formula is C19H22ClN3. The molecule has 0 spiro atoms. The van der Waals surface area contributed by atoms with Gasteiger partial charge >= 0.3 is 0 Å². The first kappa shape index (κ1) is 16.0. The average molecular weight is 328 g/mol. The molecule has 2 N–H and O–H groups in total. The molecule has 0 fully saturated rings. The molecule has 4 heteroatoms. The molecule has 3 rings (SSSR count). The van der Waals surface area contributed by atoms with Crippen LogP contribution in [-0.2, 0) is 0 Å². The minimum absolute atomic E-state index is 0.131. The van der Waals surface area contributed by atoms with E-state index >= 15 is 0 Å². The van der Waals surface area contributed by atoms with Crippen molar-refractivity contribution in [1.29, 1.82) is 0 Å². The first-order valence-corrected chi connectivity index (χ1v) is 8.35. The van der Waals surface area contributed by atoms with Gasteiger partial charge in [-0.25, -0.2) is 0 Å². The standard InChI is InChI=1S/C19H22ClN3/c1-13-7-8-18(14(2)11-13)23-19(12-15(22-23)9-10-21)16-5-3-4-6-17(16)20/h3-8,11,19H,9-10,12,21H2,1-2H3. The van der Waals surface area contributed by atoms with Gasteiger partial charge in [0, 0.05) is 17.2 Å². The van der Waals surface area contributed by atoms with Crippen LogP contribution in [0.15, 0.2) is 47.6 Å². The van der Waals surface area contributed by atoms with E-state index in [2.05, 4.69) is 43.1 Å². The molecule has 2 aromatic rings. The molecule has 1 unspecified atom stereocenters. The largest absolute Gasteiger partial charge is 0.330 e. The van der Waals surface area contributed by atoms with Crippen LogP contribution in [0.25, 0.3) is 0 Å². The van der Waals surface area contributed by atoms with Crippen LogP contribution in [0.2, 0.25) is 5.02 Å². The molecule has 1 atom stereocenters. The zero-order valence-electron chi connectivity index (χ0n) is 13.6. The number of nitrogens with zero attached hydrogens (tertiary/aromatic N) is 2. The van der Waals surface area contributed by atoms with Crippen molar-refractivity contribution < 1.29 is 0 Å². The third kappa shape index (κ3) is 3.26. The molecule has 1 heterocycles. The van der Waals surface area contributed by atoms with Crippen LogP contribution >= 0.6 is 11.6 Å². The molecule has 1 aliphatic rings. The van der Waals surface area contributed by atoms with Crippen molar-refractivity contribution in [2.24, 2.45) is 10.8 Å². The molecule has 1 aliphatic heterocycles. The Morgan fingerprint density at radius 2 is 2.00 bits per heavy atom. The molecule has 3 nitrogen and oxygen atoms in total. The summed E-state index contributed by atoms with van der Waals surface area (Å²) in [4.78, 5) is 0. The van der Waals surface area contributed by atoms with Crippen molar-refractivity contribution in [3.05, 3.63) is 64.2 Å². The van der Waals surface area contributed by atoms with E-state index < -0.39 is 0 Å². The lowest BCUT2D eigenvalue weighted by Gasteiger charge is -2.26. The summed E-state index contributed by atoms with van der Waals surface area (Å²) in [5.41, 5.74) is 11.6. The number of nitrogens with two attached hydrogens (primary N) is 1. The number of hydrogen-bond acceptors (Lipinski definition) is 3. The average Bonchev–Trinajstić information content (AvgIpc) is 2.91. The topological polar surface area (TPSA) is 41.6 Å². The highest BCUT2D eigenvalue weighted by atomic mass is 35.5. The Morgan fingerprint density at radius 1 is 1.22 bits per heavy atom. The summed E-state index contributed by atoms with van der Waals surface area (Å²) >= 11 is 6.44. The third-order valence-electron chi connectivity index (χ3n) is 4.27. The Labute approximate surface area is 142 Å². The van der Waals surface area contributed by atoms with E-state index in [1.807, 2.05) is 18.2 Å². The van der Waals surface area contributed by atoms with E-state index in [1.165, 1.54) is 11.1 Å². The molecule has 0 aliphatic carbocycles. The second-order valence-electron chi connectivity index (χ2n) is 6.08. The van der Waals surface area contributed by atoms with Crippen LogP contribution in [0.5, 0.6) is 0 Å². The number of hydrazone groups is 1. The monoisotopic (exact) mass is 327 g/mol. The Hall–Kier alpha value is -1.84. The summed E-state index contributed by atoms with van der Waals surface area (Å²) in [6.07, 6.45) is 1.69. The van der Waals surface area contributed by atoms with E-state index in [9.17, 15) is 0 Å². The molecule has 0 bridgehead atoms. The number of hydrogen-bond donors (Lipinski definition) is 1. The van der Waals surface area contributed by atoms with Crippen LogP contribution in [0, 0.1) is 13.8 Å². The van der Waals surface area contributed by atoms with E-state index in [-0.39, 0.29) is 6.04 Å². The quantitative estimate of drug-likeness (QED) is 0.890. The van der Waals surface area contributed by atoms with Crippen molar-refractivity contribution in [2.45, 2.75) is 32.7 Å². The Balaban J connectivity index is 2.03. The maximum atomic E-state index is 6.44. The SMILES string of the molecule is Cc1ccc(N2N=C(CCN)CC2c2ccccc2Cl)c(C)c1. The van der Waals surface area contributed by atoms with Crippen molar-refractivity contribution in [2.75, 3.05) is 11.6 Å². The van der Waals surface area contributed by atoms with Gasteiger partial charge in [-0.1, -0.05) is 47.5 Å². The second kappa shape index (κ2) is 6.73. The van der Waals surface area contributed by atoms with Gasteiger partial charge in [-0.3, -0.25) is 5.01 Å². The summed E-state index contributed by atoms with van der Waals surface area (Å²) < 4.78 is 0. The third-order valence-corrected chi connectivity index (χ3v) is 4.61. The fourth-order valence-electron chi connectivity index (χ4n) is 3.16. The lowest BCUT2D eigenvalue weighted by atomic mass is 9.99. The lowest BCUT2D eigenvalue weighted by molar-refractivity contribution is 0.706. The molecule has 2 aromatic carbocycles. The normalized spacial score (nSPS) is 17.5. The van der Waals surface area contributed by atoms with E-state index in [0.717, 1.165) is 34.8 Å². The van der Waals surface area contributed by atoms with Crippen LogP contribution < -0.4 is 10.7 Å². The number of halogens is 1. The van der Waals surface area contributed by atoms with E-state index in [4.69, 9.17) is 22.4 Å². The Morgan fingerprint density at radius 3 is 2.70 bits per heavy atom. The predicted octanol–water partition coefficient (Wildman–Crippen LogP) is 4.61. The van der Waals surface area contributed by atoms with Crippen molar-refractivity contribution in [1.82, 2.24) is 0 Å². The highest BCUT2D eigenvalue weighted by Gasteiger charge is 2.30. The van der Waals surface area contributed by atoms with E-state index in [1.54, 1.807) is 0 Å². The Bertz CT molecular complexity index is 739. The van der Waals surface area contributed by atoms with Gasteiger partial charge in [0.15, 0.2) is 0 Å². The summed E-state index contributed by atoms with van der Waals surface area (Å²) in [5, 5.41) is 7.75. The van der Waals surface area contributed by atoms with Gasteiger partial charge in [0.1, 0.15) is 0 Å². The second-order valence-corrected chi connectivity index (χ2v) is 6.49. The summed E-state index contributed by atoms with van der Waals surface area (Å²) in [7, 11) is 0. The molecule has 0 saturated heterocycles. The van der Waals surface area contributed by atoms with Gasteiger partial charge in [0.25, 0.3) is 0 Å². The van der Waals surface area contributed by atoms with Crippen LogP contribution in [-0.4, -0.2) is 12.3 Å². The summed E-state index contributed by atoms with van der Waals surface area (Å²) in [5.74, 6) is 0. The lowest BCUT2D eigenvalue weighted by Crippen LogP contribution is -2.19. The number of aryl methyl sites for hydroxylation is 2. The van der Waals surface area contributed by atoms with Crippen molar-refractivity contribution in [3.63, 3.8) is 0 Å². The van der Waals surface area contributed by atoms with Gasteiger partial charge in [0.05, 0.1) is 11.7 Å². The maximum Gasteiger partial charge on any atom is 0.0842 e. The Kier molecular flexibility index (Phi) is 4.69. The molecule has 0 aromatic heterocycles. The molecule has 0 amide bonds.